The highest BCUT2D eigenvalue weighted by Gasteiger charge is 2.34. The molecule has 0 atom stereocenters. The maximum Gasteiger partial charge on any atom is 0.397 e. The summed E-state index contributed by atoms with van der Waals surface area (Å²) in [7, 11) is 0. The molecule has 0 aliphatic carbocycles. The number of amides is 1. The van der Waals surface area contributed by atoms with Crippen LogP contribution in [0.3, 0.4) is 0 Å². The monoisotopic (exact) mass is 434 g/mol. The van der Waals surface area contributed by atoms with Crippen LogP contribution in [-0.4, -0.2) is 58.9 Å². The van der Waals surface area contributed by atoms with Gasteiger partial charge in [-0.2, -0.15) is 13.2 Å². The van der Waals surface area contributed by atoms with Crippen molar-refractivity contribution in [2.75, 3.05) is 31.1 Å². The van der Waals surface area contributed by atoms with E-state index in [9.17, 15) is 22.8 Å². The zero-order valence-electron chi connectivity index (χ0n) is 17.2. The summed E-state index contributed by atoms with van der Waals surface area (Å²) in [5.74, 6) is -0.648. The standard InChI is InChI=1S/C22H23F3N4O2.H2/c1-3-16-12-17(15(2)26-14-16)21(31)18-6-4-7-19(27-18)28-8-5-9-29(11-10-28)20(30)13-22(23,24)25;/h3-4,6-7,12,14H,1,5,8-11,13H2,2H3;1H. The van der Waals surface area contributed by atoms with Crippen molar-refractivity contribution < 1.29 is 24.2 Å². The molecule has 9 heteroatoms. The Morgan fingerprint density at radius 3 is 2.71 bits per heavy atom. The van der Waals surface area contributed by atoms with Gasteiger partial charge in [0.05, 0.1) is 0 Å². The first-order valence-electron chi connectivity index (χ1n) is 9.88. The van der Waals surface area contributed by atoms with Crippen molar-refractivity contribution in [1.29, 1.82) is 0 Å². The lowest BCUT2D eigenvalue weighted by atomic mass is 10.0. The largest absolute Gasteiger partial charge is 0.397 e. The molecule has 0 unspecified atom stereocenters. The lowest BCUT2D eigenvalue weighted by molar-refractivity contribution is -0.161. The number of hydrogen-bond acceptors (Lipinski definition) is 5. The van der Waals surface area contributed by atoms with Crippen LogP contribution in [0.5, 0.6) is 0 Å². The van der Waals surface area contributed by atoms with Crippen LogP contribution in [0.2, 0.25) is 0 Å². The average Bonchev–Trinajstić information content (AvgIpc) is 2.99. The Balaban J connectivity index is 0.00000363. The number of alkyl halides is 3. The summed E-state index contributed by atoms with van der Waals surface area (Å²) in [4.78, 5) is 36.7. The maximum atomic E-state index is 13.0. The summed E-state index contributed by atoms with van der Waals surface area (Å²) in [5, 5.41) is 0. The molecule has 0 saturated carbocycles. The predicted molar refractivity (Wildman–Crippen MR) is 113 cm³/mol. The Morgan fingerprint density at radius 2 is 2.00 bits per heavy atom. The smallest absolute Gasteiger partial charge is 0.355 e. The third-order valence-corrected chi connectivity index (χ3v) is 5.08. The number of pyridine rings is 2. The summed E-state index contributed by atoms with van der Waals surface area (Å²) in [5.41, 5.74) is 1.98. The van der Waals surface area contributed by atoms with Crippen LogP contribution in [0.4, 0.5) is 19.0 Å². The topological polar surface area (TPSA) is 66.4 Å². The number of ketones is 1. The summed E-state index contributed by atoms with van der Waals surface area (Å²) >= 11 is 0. The van der Waals surface area contributed by atoms with E-state index in [0.29, 0.717) is 36.6 Å². The zero-order chi connectivity index (χ0) is 22.6. The van der Waals surface area contributed by atoms with Gasteiger partial charge in [-0.05, 0) is 37.1 Å². The first kappa shape index (κ1) is 22.5. The molecule has 166 valence electrons. The van der Waals surface area contributed by atoms with Gasteiger partial charge in [-0.25, -0.2) is 4.98 Å². The Morgan fingerprint density at radius 1 is 1.23 bits per heavy atom. The van der Waals surface area contributed by atoms with Crippen LogP contribution >= 0.6 is 0 Å². The molecule has 3 heterocycles. The van der Waals surface area contributed by atoms with E-state index in [2.05, 4.69) is 16.5 Å². The molecule has 0 spiro atoms. The second-order valence-electron chi connectivity index (χ2n) is 7.33. The SMILES string of the molecule is C=Cc1cnc(C)c(C(=O)c2cccc(N3CCCN(C(=O)CC(F)(F)F)CC3)n2)c1.[HH]. The van der Waals surface area contributed by atoms with Crippen LogP contribution in [0.1, 0.15) is 41.6 Å². The number of nitrogens with zero attached hydrogens (tertiary/aromatic N) is 4. The first-order valence-corrected chi connectivity index (χ1v) is 9.88. The molecule has 3 rings (SSSR count). The molecule has 1 saturated heterocycles. The van der Waals surface area contributed by atoms with Gasteiger partial charge in [0.15, 0.2) is 0 Å². The predicted octanol–water partition coefficient (Wildman–Crippen LogP) is 3.90. The van der Waals surface area contributed by atoms with Gasteiger partial charge in [0.25, 0.3) is 0 Å². The summed E-state index contributed by atoms with van der Waals surface area (Å²) in [6, 6.07) is 6.79. The summed E-state index contributed by atoms with van der Waals surface area (Å²) in [6.07, 6.45) is -2.22. The van der Waals surface area contributed by atoms with Crippen molar-refractivity contribution in [2.24, 2.45) is 0 Å². The number of aryl methyl sites for hydroxylation is 1. The van der Waals surface area contributed by atoms with Crippen molar-refractivity contribution >= 4 is 23.6 Å². The highest BCUT2D eigenvalue weighted by molar-refractivity contribution is 6.08. The molecule has 1 aliphatic heterocycles. The summed E-state index contributed by atoms with van der Waals surface area (Å²) in [6.45, 7) is 6.71. The molecule has 1 amide bonds. The molecular formula is C22H25F3N4O2. The molecule has 1 aliphatic rings. The number of anilines is 1. The van der Waals surface area contributed by atoms with E-state index in [1.165, 1.54) is 4.90 Å². The zero-order valence-corrected chi connectivity index (χ0v) is 17.2. The fraction of sp³-hybridized carbons (Fsp3) is 0.364. The van der Waals surface area contributed by atoms with Crippen molar-refractivity contribution in [1.82, 2.24) is 14.9 Å². The molecule has 0 bridgehead atoms. The van der Waals surface area contributed by atoms with E-state index in [-0.39, 0.29) is 26.0 Å². The minimum absolute atomic E-state index is 0. The Bertz CT molecular complexity index is 997. The van der Waals surface area contributed by atoms with E-state index in [0.717, 1.165) is 5.56 Å². The van der Waals surface area contributed by atoms with Crippen LogP contribution in [0.15, 0.2) is 37.0 Å². The van der Waals surface area contributed by atoms with E-state index in [1.54, 1.807) is 43.5 Å². The molecule has 31 heavy (non-hydrogen) atoms. The lowest BCUT2D eigenvalue weighted by Crippen LogP contribution is -2.37. The van der Waals surface area contributed by atoms with Crippen molar-refractivity contribution in [3.63, 3.8) is 0 Å². The number of carbonyl (C=O) groups is 2. The van der Waals surface area contributed by atoms with Crippen molar-refractivity contribution in [3.8, 4) is 0 Å². The third-order valence-electron chi connectivity index (χ3n) is 5.08. The molecule has 2 aromatic heterocycles. The maximum absolute atomic E-state index is 13.0. The van der Waals surface area contributed by atoms with Gasteiger partial charge in [0.1, 0.15) is 17.9 Å². The molecule has 0 N–H and O–H groups in total. The van der Waals surface area contributed by atoms with E-state index < -0.39 is 18.5 Å². The van der Waals surface area contributed by atoms with Gasteiger partial charge in [-0.3, -0.25) is 14.6 Å². The number of carbonyl (C=O) groups excluding carboxylic acids is 2. The van der Waals surface area contributed by atoms with Gasteiger partial charge in [0, 0.05) is 45.1 Å². The van der Waals surface area contributed by atoms with Gasteiger partial charge in [-0.1, -0.05) is 18.7 Å². The second kappa shape index (κ2) is 9.28. The highest BCUT2D eigenvalue weighted by Crippen LogP contribution is 2.22. The van der Waals surface area contributed by atoms with E-state index in [4.69, 9.17) is 0 Å². The van der Waals surface area contributed by atoms with Gasteiger partial charge < -0.3 is 9.80 Å². The normalized spacial score (nSPS) is 14.8. The molecule has 0 aromatic carbocycles. The van der Waals surface area contributed by atoms with Gasteiger partial charge >= 0.3 is 6.18 Å². The average molecular weight is 434 g/mol. The second-order valence-corrected chi connectivity index (χ2v) is 7.33. The molecule has 1 fully saturated rings. The van der Waals surface area contributed by atoms with Crippen LogP contribution in [0, 0.1) is 6.92 Å². The van der Waals surface area contributed by atoms with Crippen LogP contribution in [0.25, 0.3) is 6.08 Å². The Hall–Kier alpha value is -3.23. The fourth-order valence-electron chi connectivity index (χ4n) is 3.43. The summed E-state index contributed by atoms with van der Waals surface area (Å²) < 4.78 is 37.6. The van der Waals surface area contributed by atoms with Crippen molar-refractivity contribution in [3.05, 3.63) is 59.6 Å². The highest BCUT2D eigenvalue weighted by atomic mass is 19.4. The Kier molecular flexibility index (Phi) is 6.72. The molecular weight excluding hydrogens is 409 g/mol. The van der Waals surface area contributed by atoms with Crippen LogP contribution < -0.4 is 4.90 Å². The van der Waals surface area contributed by atoms with Gasteiger partial charge in [-0.15, -0.1) is 0 Å². The van der Waals surface area contributed by atoms with Crippen LogP contribution in [-0.2, 0) is 4.79 Å². The number of aromatic nitrogens is 2. The molecule has 0 radical (unpaired) electrons. The number of rotatable bonds is 5. The van der Waals surface area contributed by atoms with E-state index in [1.807, 2.05) is 4.90 Å². The quantitative estimate of drug-likeness (QED) is 0.668. The van der Waals surface area contributed by atoms with Crippen molar-refractivity contribution in [2.45, 2.75) is 25.9 Å². The Labute approximate surface area is 179 Å². The number of hydrogen-bond donors (Lipinski definition) is 0. The fourth-order valence-corrected chi connectivity index (χ4v) is 3.43. The molecule has 2 aromatic rings. The number of halogens is 3. The van der Waals surface area contributed by atoms with Gasteiger partial charge in [0.2, 0.25) is 11.7 Å². The minimum atomic E-state index is -4.52. The first-order chi connectivity index (χ1) is 14.7. The van der Waals surface area contributed by atoms with E-state index >= 15 is 0 Å². The lowest BCUT2D eigenvalue weighted by Gasteiger charge is -2.23. The third kappa shape index (κ3) is 5.68. The molecule has 6 nitrogen and oxygen atoms in total. The minimum Gasteiger partial charge on any atom is -0.355 e.